The zero-order valence-electron chi connectivity index (χ0n) is 17.2. The lowest BCUT2D eigenvalue weighted by Crippen LogP contribution is -1.84. The molecule has 24 heavy (non-hydrogen) atoms. The van der Waals surface area contributed by atoms with Gasteiger partial charge in [-0.25, -0.2) is 0 Å². The average Bonchev–Trinajstić information content (AvgIpc) is 2.60. The van der Waals surface area contributed by atoms with Gasteiger partial charge in [0.25, 0.3) is 0 Å². The van der Waals surface area contributed by atoms with E-state index < -0.39 is 0 Å². The number of hydrogen-bond donors (Lipinski definition) is 0. The Morgan fingerprint density at radius 2 is 0.750 bits per heavy atom. The largest absolute Gasteiger partial charge is 0.301 e. The van der Waals surface area contributed by atoms with Crippen molar-refractivity contribution in [2.75, 3.05) is 7.05 Å². The molecule has 0 aromatic heterocycles. The van der Waals surface area contributed by atoms with Crippen LogP contribution in [0.1, 0.15) is 135 Å². The third kappa shape index (κ3) is 21.7. The fraction of sp³-hybridized carbons (Fsp3) is 0.957. The van der Waals surface area contributed by atoms with Crippen LogP contribution in [0.5, 0.6) is 0 Å². The molecule has 0 atom stereocenters. The standard InChI is InChI=1S/C23H47N/c1-3-4-5-6-7-8-9-10-11-12-13-14-15-16-17-18-19-20-21-22-23-24-2/h23H,3-22H2,1-2H3. The fourth-order valence-electron chi connectivity index (χ4n) is 3.44. The molecular weight excluding hydrogens is 290 g/mol. The second-order valence-corrected chi connectivity index (χ2v) is 7.59. The molecule has 0 heterocycles. The van der Waals surface area contributed by atoms with E-state index in [4.69, 9.17) is 0 Å². The summed E-state index contributed by atoms with van der Waals surface area (Å²) in [7, 11) is 1.87. The second kappa shape index (κ2) is 22.7. The Labute approximate surface area is 154 Å². The van der Waals surface area contributed by atoms with Crippen LogP contribution in [0.2, 0.25) is 0 Å². The maximum absolute atomic E-state index is 4.03. The van der Waals surface area contributed by atoms with Crippen molar-refractivity contribution in [2.24, 2.45) is 4.99 Å². The van der Waals surface area contributed by atoms with Crippen molar-refractivity contribution in [1.82, 2.24) is 0 Å². The van der Waals surface area contributed by atoms with E-state index in [-0.39, 0.29) is 0 Å². The predicted molar refractivity (Wildman–Crippen MR) is 112 cm³/mol. The molecule has 0 aliphatic rings. The van der Waals surface area contributed by atoms with Gasteiger partial charge in [0.05, 0.1) is 0 Å². The minimum atomic E-state index is 1.18. The molecule has 0 rings (SSSR count). The van der Waals surface area contributed by atoms with Crippen LogP contribution in [0.15, 0.2) is 4.99 Å². The molecule has 0 fully saturated rings. The summed E-state index contributed by atoms with van der Waals surface area (Å²) in [6.45, 7) is 2.30. The monoisotopic (exact) mass is 337 g/mol. The summed E-state index contributed by atoms with van der Waals surface area (Å²) < 4.78 is 0. The lowest BCUT2D eigenvalue weighted by atomic mass is 10.0. The smallest absolute Gasteiger partial charge is 0.0273 e. The van der Waals surface area contributed by atoms with Crippen molar-refractivity contribution < 1.29 is 0 Å². The van der Waals surface area contributed by atoms with Crippen molar-refractivity contribution in [3.63, 3.8) is 0 Å². The van der Waals surface area contributed by atoms with E-state index in [9.17, 15) is 0 Å². The molecule has 0 amide bonds. The van der Waals surface area contributed by atoms with Gasteiger partial charge in [-0.1, -0.05) is 122 Å². The summed E-state index contributed by atoms with van der Waals surface area (Å²) in [6, 6.07) is 0. The number of aliphatic imine (C=N–C) groups is 1. The Bertz CT molecular complexity index is 234. The molecular formula is C23H47N. The van der Waals surface area contributed by atoms with Crippen LogP contribution in [0.25, 0.3) is 0 Å². The predicted octanol–water partition coefficient (Wildman–Crippen LogP) is 8.51. The Morgan fingerprint density at radius 1 is 0.458 bits per heavy atom. The summed E-state index contributed by atoms with van der Waals surface area (Å²) in [5.74, 6) is 0. The molecule has 0 radical (unpaired) electrons. The SMILES string of the molecule is CCCCCCCCCCCCCCCCCCCCCC=NC. The van der Waals surface area contributed by atoms with E-state index in [1.54, 1.807) is 0 Å². The van der Waals surface area contributed by atoms with Gasteiger partial charge in [0.1, 0.15) is 0 Å². The highest BCUT2D eigenvalue weighted by atomic mass is 14.6. The summed E-state index contributed by atoms with van der Waals surface area (Å²) >= 11 is 0. The first-order chi connectivity index (χ1) is 11.9. The van der Waals surface area contributed by atoms with Gasteiger partial charge >= 0.3 is 0 Å². The van der Waals surface area contributed by atoms with Gasteiger partial charge in [0, 0.05) is 7.05 Å². The first-order valence-corrected chi connectivity index (χ1v) is 11.3. The second-order valence-electron chi connectivity index (χ2n) is 7.59. The van der Waals surface area contributed by atoms with E-state index in [0.29, 0.717) is 0 Å². The summed E-state index contributed by atoms with van der Waals surface area (Å²) in [6.07, 6.45) is 30.8. The van der Waals surface area contributed by atoms with Gasteiger partial charge < -0.3 is 4.99 Å². The highest BCUT2D eigenvalue weighted by Gasteiger charge is 1.95. The Kier molecular flexibility index (Phi) is 22.4. The topological polar surface area (TPSA) is 12.4 Å². The van der Waals surface area contributed by atoms with Crippen LogP contribution in [-0.4, -0.2) is 13.3 Å². The molecule has 0 N–H and O–H groups in total. The quantitative estimate of drug-likeness (QED) is 0.156. The van der Waals surface area contributed by atoms with Crippen molar-refractivity contribution in [3.8, 4) is 0 Å². The molecule has 0 bridgehead atoms. The lowest BCUT2D eigenvalue weighted by molar-refractivity contribution is 0.524. The highest BCUT2D eigenvalue weighted by Crippen LogP contribution is 2.14. The maximum atomic E-state index is 4.03. The fourth-order valence-corrected chi connectivity index (χ4v) is 3.44. The van der Waals surface area contributed by atoms with Crippen LogP contribution >= 0.6 is 0 Å². The number of nitrogens with zero attached hydrogens (tertiary/aromatic N) is 1. The molecule has 0 aromatic rings. The van der Waals surface area contributed by atoms with Crippen molar-refractivity contribution in [3.05, 3.63) is 0 Å². The lowest BCUT2D eigenvalue weighted by Gasteiger charge is -2.03. The van der Waals surface area contributed by atoms with Crippen LogP contribution in [-0.2, 0) is 0 Å². The number of hydrogen-bond acceptors (Lipinski definition) is 1. The molecule has 0 aliphatic carbocycles. The normalized spacial score (nSPS) is 11.6. The highest BCUT2D eigenvalue weighted by molar-refractivity contribution is 5.56. The molecule has 0 aromatic carbocycles. The van der Waals surface area contributed by atoms with Crippen LogP contribution < -0.4 is 0 Å². The van der Waals surface area contributed by atoms with E-state index in [1.807, 2.05) is 13.3 Å². The molecule has 0 spiro atoms. The Hall–Kier alpha value is -0.330. The van der Waals surface area contributed by atoms with Crippen molar-refractivity contribution >= 4 is 6.21 Å². The number of unbranched alkanes of at least 4 members (excludes halogenated alkanes) is 19. The zero-order chi connectivity index (χ0) is 17.6. The van der Waals surface area contributed by atoms with E-state index in [2.05, 4.69) is 11.9 Å². The summed E-state index contributed by atoms with van der Waals surface area (Å²) in [5.41, 5.74) is 0. The van der Waals surface area contributed by atoms with Crippen LogP contribution in [0.4, 0.5) is 0 Å². The van der Waals surface area contributed by atoms with Crippen molar-refractivity contribution in [1.29, 1.82) is 0 Å². The van der Waals surface area contributed by atoms with Gasteiger partial charge in [-0.15, -0.1) is 0 Å². The zero-order valence-corrected chi connectivity index (χ0v) is 17.2. The minimum absolute atomic E-state index is 1.18. The number of rotatable bonds is 20. The minimum Gasteiger partial charge on any atom is -0.301 e. The van der Waals surface area contributed by atoms with E-state index >= 15 is 0 Å². The average molecular weight is 338 g/mol. The van der Waals surface area contributed by atoms with Crippen molar-refractivity contribution in [2.45, 2.75) is 135 Å². The first kappa shape index (κ1) is 23.7. The Balaban J connectivity index is 2.95. The summed E-state index contributed by atoms with van der Waals surface area (Å²) in [5, 5.41) is 0. The van der Waals surface area contributed by atoms with E-state index in [0.717, 1.165) is 0 Å². The molecule has 0 aliphatic heterocycles. The molecule has 1 heteroatoms. The maximum Gasteiger partial charge on any atom is 0.0273 e. The first-order valence-electron chi connectivity index (χ1n) is 11.3. The van der Waals surface area contributed by atoms with Gasteiger partial charge in [0.2, 0.25) is 0 Å². The summed E-state index contributed by atoms with van der Waals surface area (Å²) in [4.78, 5) is 4.03. The van der Waals surface area contributed by atoms with Gasteiger partial charge in [-0.3, -0.25) is 0 Å². The van der Waals surface area contributed by atoms with E-state index in [1.165, 1.54) is 128 Å². The van der Waals surface area contributed by atoms with Crippen LogP contribution in [0, 0.1) is 0 Å². The molecule has 0 saturated heterocycles. The molecule has 0 unspecified atom stereocenters. The van der Waals surface area contributed by atoms with Gasteiger partial charge in [-0.05, 0) is 19.1 Å². The molecule has 1 nitrogen and oxygen atoms in total. The Morgan fingerprint density at radius 3 is 1.04 bits per heavy atom. The van der Waals surface area contributed by atoms with Crippen LogP contribution in [0.3, 0.4) is 0 Å². The third-order valence-corrected chi connectivity index (χ3v) is 5.12. The molecule has 144 valence electrons. The van der Waals surface area contributed by atoms with Gasteiger partial charge in [0.15, 0.2) is 0 Å². The third-order valence-electron chi connectivity index (χ3n) is 5.12. The van der Waals surface area contributed by atoms with Gasteiger partial charge in [-0.2, -0.15) is 0 Å². The molecule has 0 saturated carbocycles.